The summed E-state index contributed by atoms with van der Waals surface area (Å²) >= 11 is 0. The van der Waals surface area contributed by atoms with E-state index in [1.165, 1.54) is 0 Å². The predicted octanol–water partition coefficient (Wildman–Crippen LogP) is 4.80. The Kier molecular flexibility index (Phi) is 3.65. The molecule has 0 bridgehead atoms. The summed E-state index contributed by atoms with van der Waals surface area (Å²) in [4.78, 5) is 17.9. The molecule has 0 N–H and O–H groups in total. The quantitative estimate of drug-likeness (QED) is 0.648. The van der Waals surface area contributed by atoms with Gasteiger partial charge in [0.1, 0.15) is 5.41 Å². The largest absolute Gasteiger partial charge is 0.465 e. The second kappa shape index (κ2) is 5.85. The second-order valence-corrected chi connectivity index (χ2v) is 6.35. The summed E-state index contributed by atoms with van der Waals surface area (Å²) in [6, 6.07) is 22.1. The number of hydrogen-bond acceptors (Lipinski definition) is 3. The molecule has 1 unspecified atom stereocenters. The Morgan fingerprint density at radius 1 is 1.00 bits per heavy atom. The number of esters is 1. The van der Waals surface area contributed by atoms with Crippen LogP contribution in [0.25, 0.3) is 10.8 Å². The first kappa shape index (κ1) is 15.6. The third-order valence-electron chi connectivity index (χ3n) is 4.87. The number of carbonyl (C=O) groups excluding carboxylic acids is 1. The zero-order chi connectivity index (χ0) is 17.4. The van der Waals surface area contributed by atoms with Crippen LogP contribution in [0.3, 0.4) is 0 Å². The molecule has 0 saturated carbocycles. The minimum atomic E-state index is -0.906. The van der Waals surface area contributed by atoms with Gasteiger partial charge in [0.15, 0.2) is 0 Å². The zero-order valence-corrected chi connectivity index (χ0v) is 14.3. The van der Waals surface area contributed by atoms with E-state index in [2.05, 4.69) is 18.2 Å². The van der Waals surface area contributed by atoms with Crippen LogP contribution in [0, 0.1) is 0 Å². The van der Waals surface area contributed by atoms with Crippen LogP contribution in [-0.4, -0.2) is 18.3 Å². The lowest BCUT2D eigenvalue weighted by molar-refractivity contribution is -0.146. The molecule has 0 saturated heterocycles. The van der Waals surface area contributed by atoms with Crippen molar-refractivity contribution >= 4 is 28.1 Å². The summed E-state index contributed by atoms with van der Waals surface area (Å²) < 4.78 is 5.43. The number of fused-ring (bicyclic) bond motifs is 3. The van der Waals surface area contributed by atoms with Crippen LogP contribution in [0.15, 0.2) is 71.7 Å². The Morgan fingerprint density at radius 2 is 1.72 bits per heavy atom. The van der Waals surface area contributed by atoms with Crippen LogP contribution < -0.4 is 0 Å². The number of aliphatic imine (C=N–C) groups is 1. The van der Waals surface area contributed by atoms with E-state index in [0.29, 0.717) is 6.61 Å². The minimum Gasteiger partial charge on any atom is -0.465 e. The third kappa shape index (κ3) is 2.27. The first-order valence-electron chi connectivity index (χ1n) is 8.50. The highest BCUT2D eigenvalue weighted by atomic mass is 16.5. The molecule has 0 aliphatic carbocycles. The van der Waals surface area contributed by atoms with Gasteiger partial charge in [-0.05, 0) is 24.8 Å². The third-order valence-corrected chi connectivity index (χ3v) is 4.87. The molecule has 0 amide bonds. The normalized spacial score (nSPS) is 18.7. The van der Waals surface area contributed by atoms with Gasteiger partial charge in [-0.1, -0.05) is 66.7 Å². The van der Waals surface area contributed by atoms with E-state index >= 15 is 0 Å². The SMILES string of the molecule is CCOC(=O)C1(C)C(c2ccccc2)=Nc2c1ccc1ccccc21. The van der Waals surface area contributed by atoms with Gasteiger partial charge in [-0.15, -0.1) is 0 Å². The molecule has 3 aromatic rings. The van der Waals surface area contributed by atoms with Crippen LogP contribution in [0.2, 0.25) is 0 Å². The Labute approximate surface area is 147 Å². The Morgan fingerprint density at radius 3 is 2.48 bits per heavy atom. The minimum absolute atomic E-state index is 0.258. The fourth-order valence-electron chi connectivity index (χ4n) is 3.56. The van der Waals surface area contributed by atoms with Gasteiger partial charge in [0, 0.05) is 10.9 Å². The van der Waals surface area contributed by atoms with Crippen LogP contribution in [-0.2, 0) is 14.9 Å². The van der Waals surface area contributed by atoms with Crippen molar-refractivity contribution in [3.05, 3.63) is 77.9 Å². The zero-order valence-electron chi connectivity index (χ0n) is 14.3. The van der Waals surface area contributed by atoms with Gasteiger partial charge in [-0.2, -0.15) is 0 Å². The van der Waals surface area contributed by atoms with Gasteiger partial charge in [0.25, 0.3) is 0 Å². The van der Waals surface area contributed by atoms with Gasteiger partial charge >= 0.3 is 5.97 Å². The summed E-state index contributed by atoms with van der Waals surface area (Å²) in [5.41, 5.74) is 2.56. The van der Waals surface area contributed by atoms with E-state index in [1.807, 2.05) is 62.4 Å². The van der Waals surface area contributed by atoms with Crippen molar-refractivity contribution in [1.82, 2.24) is 0 Å². The maximum absolute atomic E-state index is 12.9. The number of ether oxygens (including phenoxy) is 1. The molecule has 0 radical (unpaired) electrons. The molecule has 3 nitrogen and oxygen atoms in total. The fourth-order valence-corrected chi connectivity index (χ4v) is 3.56. The van der Waals surface area contributed by atoms with Crippen molar-refractivity contribution in [2.45, 2.75) is 19.3 Å². The molecule has 1 aliphatic heterocycles. The monoisotopic (exact) mass is 329 g/mol. The smallest absolute Gasteiger partial charge is 0.322 e. The molecule has 0 aromatic heterocycles. The first-order valence-corrected chi connectivity index (χ1v) is 8.50. The van der Waals surface area contributed by atoms with E-state index in [9.17, 15) is 4.79 Å². The summed E-state index contributed by atoms with van der Waals surface area (Å²) in [5.74, 6) is -0.258. The van der Waals surface area contributed by atoms with Crippen LogP contribution in [0.1, 0.15) is 25.0 Å². The van der Waals surface area contributed by atoms with Gasteiger partial charge in [0.2, 0.25) is 0 Å². The summed E-state index contributed by atoms with van der Waals surface area (Å²) in [5, 5.41) is 2.17. The van der Waals surface area contributed by atoms with Crippen molar-refractivity contribution < 1.29 is 9.53 Å². The van der Waals surface area contributed by atoms with Crippen LogP contribution >= 0.6 is 0 Å². The molecule has 0 spiro atoms. The molecule has 1 atom stereocenters. The maximum Gasteiger partial charge on any atom is 0.322 e. The maximum atomic E-state index is 12.9. The average molecular weight is 329 g/mol. The molecule has 3 aromatic carbocycles. The van der Waals surface area contributed by atoms with E-state index in [1.54, 1.807) is 0 Å². The van der Waals surface area contributed by atoms with Crippen molar-refractivity contribution in [2.24, 2.45) is 4.99 Å². The second-order valence-electron chi connectivity index (χ2n) is 6.35. The molecule has 1 heterocycles. The van der Waals surface area contributed by atoms with E-state index in [4.69, 9.17) is 9.73 Å². The molecule has 124 valence electrons. The van der Waals surface area contributed by atoms with Gasteiger partial charge in [0.05, 0.1) is 18.0 Å². The lowest BCUT2D eigenvalue weighted by Gasteiger charge is -2.25. The highest BCUT2D eigenvalue weighted by Gasteiger charge is 2.48. The molecular formula is C22H19NO2. The predicted molar refractivity (Wildman–Crippen MR) is 101 cm³/mol. The summed E-state index contributed by atoms with van der Waals surface area (Å²) in [7, 11) is 0. The van der Waals surface area contributed by atoms with Crippen LogP contribution in [0.4, 0.5) is 5.69 Å². The molecule has 3 heteroatoms. The topological polar surface area (TPSA) is 38.7 Å². The molecule has 0 fully saturated rings. The molecule has 1 aliphatic rings. The van der Waals surface area contributed by atoms with E-state index < -0.39 is 5.41 Å². The van der Waals surface area contributed by atoms with Gasteiger partial charge in [-0.25, -0.2) is 0 Å². The fraction of sp³-hybridized carbons (Fsp3) is 0.182. The molecular weight excluding hydrogens is 310 g/mol. The van der Waals surface area contributed by atoms with Crippen molar-refractivity contribution in [3.8, 4) is 0 Å². The average Bonchev–Trinajstić information content (AvgIpc) is 2.97. The van der Waals surface area contributed by atoms with Crippen molar-refractivity contribution in [3.63, 3.8) is 0 Å². The van der Waals surface area contributed by atoms with Gasteiger partial charge in [-0.3, -0.25) is 9.79 Å². The Hall–Kier alpha value is -2.94. The van der Waals surface area contributed by atoms with E-state index in [-0.39, 0.29) is 5.97 Å². The molecule has 25 heavy (non-hydrogen) atoms. The Balaban J connectivity index is 2.01. The molecule has 4 rings (SSSR count). The van der Waals surface area contributed by atoms with Crippen molar-refractivity contribution in [2.75, 3.05) is 6.61 Å². The summed E-state index contributed by atoms with van der Waals surface area (Å²) in [6.07, 6.45) is 0. The highest BCUT2D eigenvalue weighted by molar-refractivity contribution is 6.25. The first-order chi connectivity index (χ1) is 12.2. The highest BCUT2D eigenvalue weighted by Crippen LogP contribution is 2.46. The number of hydrogen-bond donors (Lipinski definition) is 0. The van der Waals surface area contributed by atoms with E-state index in [0.717, 1.165) is 33.3 Å². The standard InChI is InChI=1S/C22H19NO2/c1-3-25-21(24)22(2)18-14-13-15-9-7-8-12-17(15)19(18)23-20(22)16-10-5-4-6-11-16/h4-14H,3H2,1-2H3. The lowest BCUT2D eigenvalue weighted by Crippen LogP contribution is -2.40. The van der Waals surface area contributed by atoms with Crippen molar-refractivity contribution in [1.29, 1.82) is 0 Å². The Bertz CT molecular complexity index is 991. The lowest BCUT2D eigenvalue weighted by atomic mass is 9.76. The number of carbonyl (C=O) groups is 1. The number of nitrogens with zero attached hydrogens (tertiary/aromatic N) is 1. The number of benzene rings is 3. The number of rotatable bonds is 3. The van der Waals surface area contributed by atoms with Gasteiger partial charge < -0.3 is 4.74 Å². The summed E-state index contributed by atoms with van der Waals surface area (Å²) in [6.45, 7) is 4.09. The van der Waals surface area contributed by atoms with Crippen LogP contribution in [0.5, 0.6) is 0 Å².